The Morgan fingerprint density at radius 2 is 2.07 bits per heavy atom. The molecule has 2 atom stereocenters. The molecule has 0 bridgehead atoms. The van der Waals surface area contributed by atoms with Gasteiger partial charge in [0, 0.05) is 43.3 Å². The van der Waals surface area contributed by atoms with E-state index in [0.717, 1.165) is 40.4 Å². The van der Waals surface area contributed by atoms with Crippen LogP contribution in [0.2, 0.25) is 0 Å². The summed E-state index contributed by atoms with van der Waals surface area (Å²) in [5.74, 6) is 1.53. The standard InChI is InChI=1S/C18H18BrN9/c1-11-8-27(9-13(25-11)12-4-23-24-5-12)16-2-3-20-18(26-16)14-6-22-17-7-21-15(19)10-28(14)17/h2-7,10-11,13,25H,8-9H2,1H3,(H,23,24)/t11-,13-/m1/s1. The average Bonchev–Trinajstić information content (AvgIpc) is 3.37. The van der Waals surface area contributed by atoms with Crippen molar-refractivity contribution in [3.63, 3.8) is 0 Å². The van der Waals surface area contributed by atoms with E-state index in [-0.39, 0.29) is 6.04 Å². The fourth-order valence-electron chi connectivity index (χ4n) is 3.59. The summed E-state index contributed by atoms with van der Waals surface area (Å²) in [6.07, 6.45) is 11.0. The minimum atomic E-state index is 0.193. The van der Waals surface area contributed by atoms with Gasteiger partial charge in [-0.05, 0) is 28.9 Å². The Bertz CT molecular complexity index is 1110. The second-order valence-corrected chi connectivity index (χ2v) is 7.69. The molecule has 0 amide bonds. The number of hydrogen-bond acceptors (Lipinski definition) is 7. The third kappa shape index (κ3) is 3.14. The van der Waals surface area contributed by atoms with Crippen LogP contribution in [0.4, 0.5) is 5.82 Å². The summed E-state index contributed by atoms with van der Waals surface area (Å²) >= 11 is 3.41. The van der Waals surface area contributed by atoms with E-state index in [2.05, 4.69) is 58.2 Å². The first-order valence-electron chi connectivity index (χ1n) is 8.99. The predicted molar refractivity (Wildman–Crippen MR) is 108 cm³/mol. The summed E-state index contributed by atoms with van der Waals surface area (Å²) in [4.78, 5) is 20.2. The van der Waals surface area contributed by atoms with Gasteiger partial charge in [-0.2, -0.15) is 5.10 Å². The SMILES string of the molecule is C[C@@H]1CN(c2ccnc(-c3cnc4cnc(Br)cn34)n2)C[C@H](c2cn[nH]c2)N1. The number of nitrogens with one attached hydrogen (secondary N) is 2. The van der Waals surface area contributed by atoms with Gasteiger partial charge in [0.2, 0.25) is 0 Å². The van der Waals surface area contributed by atoms with Crippen molar-refractivity contribution >= 4 is 27.4 Å². The van der Waals surface area contributed by atoms with Crippen LogP contribution in [0.25, 0.3) is 17.2 Å². The summed E-state index contributed by atoms with van der Waals surface area (Å²) in [5, 5.41) is 10.6. The number of imidazole rings is 1. The Morgan fingerprint density at radius 3 is 2.93 bits per heavy atom. The molecule has 28 heavy (non-hydrogen) atoms. The normalized spacial score (nSPS) is 20.0. The van der Waals surface area contributed by atoms with Crippen LogP contribution in [0.3, 0.4) is 0 Å². The molecule has 2 N–H and O–H groups in total. The van der Waals surface area contributed by atoms with Crippen LogP contribution < -0.4 is 10.2 Å². The number of anilines is 1. The lowest BCUT2D eigenvalue weighted by Crippen LogP contribution is -2.51. The Hall–Kier alpha value is -2.85. The van der Waals surface area contributed by atoms with Crippen LogP contribution in [0, 0.1) is 0 Å². The van der Waals surface area contributed by atoms with E-state index in [0.29, 0.717) is 11.9 Å². The lowest BCUT2D eigenvalue weighted by Gasteiger charge is -2.38. The summed E-state index contributed by atoms with van der Waals surface area (Å²) in [7, 11) is 0. The number of H-pyrrole nitrogens is 1. The first-order chi connectivity index (χ1) is 13.7. The molecule has 0 saturated carbocycles. The molecule has 5 heterocycles. The van der Waals surface area contributed by atoms with Crippen LogP contribution in [-0.2, 0) is 0 Å². The van der Waals surface area contributed by atoms with E-state index in [1.54, 1.807) is 18.6 Å². The lowest BCUT2D eigenvalue weighted by atomic mass is 10.1. The number of halogens is 1. The van der Waals surface area contributed by atoms with E-state index in [1.807, 2.05) is 29.1 Å². The quantitative estimate of drug-likeness (QED) is 0.504. The highest BCUT2D eigenvalue weighted by Gasteiger charge is 2.27. The molecule has 10 heteroatoms. The second kappa shape index (κ2) is 6.95. The number of aromatic amines is 1. The van der Waals surface area contributed by atoms with Crippen molar-refractivity contribution in [2.24, 2.45) is 0 Å². The monoisotopic (exact) mass is 439 g/mol. The number of nitrogens with zero attached hydrogens (tertiary/aromatic N) is 7. The summed E-state index contributed by atoms with van der Waals surface area (Å²) in [6, 6.07) is 2.47. The maximum Gasteiger partial charge on any atom is 0.180 e. The molecule has 1 fully saturated rings. The molecule has 0 spiro atoms. The van der Waals surface area contributed by atoms with Crippen molar-refractivity contribution in [2.75, 3.05) is 18.0 Å². The van der Waals surface area contributed by atoms with Gasteiger partial charge < -0.3 is 10.2 Å². The minimum Gasteiger partial charge on any atom is -0.353 e. The zero-order valence-corrected chi connectivity index (χ0v) is 16.7. The molecule has 0 unspecified atom stereocenters. The molecular weight excluding hydrogens is 422 g/mol. The summed E-state index contributed by atoms with van der Waals surface area (Å²) in [6.45, 7) is 3.85. The highest BCUT2D eigenvalue weighted by Crippen LogP contribution is 2.25. The molecular formula is C18H18BrN9. The van der Waals surface area contributed by atoms with E-state index in [1.165, 1.54) is 0 Å². The number of fused-ring (bicyclic) bond motifs is 1. The third-order valence-corrected chi connectivity index (χ3v) is 5.27. The zero-order chi connectivity index (χ0) is 19.1. The number of hydrogen-bond donors (Lipinski definition) is 2. The third-order valence-electron chi connectivity index (χ3n) is 4.86. The lowest BCUT2D eigenvalue weighted by molar-refractivity contribution is 0.394. The van der Waals surface area contributed by atoms with Crippen LogP contribution in [0.15, 0.2) is 47.9 Å². The van der Waals surface area contributed by atoms with Gasteiger partial charge in [-0.25, -0.2) is 19.9 Å². The van der Waals surface area contributed by atoms with Gasteiger partial charge in [0.25, 0.3) is 0 Å². The molecule has 142 valence electrons. The van der Waals surface area contributed by atoms with Crippen molar-refractivity contribution < 1.29 is 0 Å². The molecule has 1 saturated heterocycles. The van der Waals surface area contributed by atoms with Gasteiger partial charge in [0.15, 0.2) is 11.5 Å². The molecule has 0 aromatic carbocycles. The van der Waals surface area contributed by atoms with Crippen LogP contribution in [-0.4, -0.2) is 53.7 Å². The summed E-state index contributed by atoms with van der Waals surface area (Å²) in [5.41, 5.74) is 2.72. The molecule has 5 rings (SSSR count). The van der Waals surface area contributed by atoms with Gasteiger partial charge in [0.1, 0.15) is 16.1 Å². The minimum absolute atomic E-state index is 0.193. The maximum absolute atomic E-state index is 4.84. The van der Waals surface area contributed by atoms with Gasteiger partial charge >= 0.3 is 0 Å². The highest BCUT2D eigenvalue weighted by molar-refractivity contribution is 9.10. The first-order valence-corrected chi connectivity index (χ1v) is 9.78. The maximum atomic E-state index is 4.84. The molecule has 0 aliphatic carbocycles. The van der Waals surface area contributed by atoms with E-state index in [9.17, 15) is 0 Å². The van der Waals surface area contributed by atoms with Crippen molar-refractivity contribution in [3.05, 3.63) is 53.4 Å². The van der Waals surface area contributed by atoms with Crippen molar-refractivity contribution in [1.82, 2.24) is 39.9 Å². The van der Waals surface area contributed by atoms with Gasteiger partial charge in [0.05, 0.1) is 24.6 Å². The van der Waals surface area contributed by atoms with Crippen LogP contribution >= 0.6 is 15.9 Å². The van der Waals surface area contributed by atoms with Gasteiger partial charge in [-0.1, -0.05) is 0 Å². The van der Waals surface area contributed by atoms with E-state index < -0.39 is 0 Å². The molecule has 4 aromatic rings. The fourth-order valence-corrected chi connectivity index (χ4v) is 3.90. The largest absolute Gasteiger partial charge is 0.353 e. The van der Waals surface area contributed by atoms with Crippen molar-refractivity contribution in [3.8, 4) is 11.5 Å². The summed E-state index contributed by atoms with van der Waals surface area (Å²) < 4.78 is 2.67. The van der Waals surface area contributed by atoms with Crippen molar-refractivity contribution in [2.45, 2.75) is 19.0 Å². The van der Waals surface area contributed by atoms with Gasteiger partial charge in [-0.3, -0.25) is 9.50 Å². The van der Waals surface area contributed by atoms with E-state index >= 15 is 0 Å². The topological polar surface area (TPSA) is 99.9 Å². The molecule has 4 aromatic heterocycles. The average molecular weight is 440 g/mol. The number of aromatic nitrogens is 7. The molecule has 1 aliphatic rings. The highest BCUT2D eigenvalue weighted by atomic mass is 79.9. The Labute approximate surface area is 169 Å². The Kier molecular flexibility index (Phi) is 4.29. The van der Waals surface area contributed by atoms with Crippen LogP contribution in [0.5, 0.6) is 0 Å². The number of piperazine rings is 1. The van der Waals surface area contributed by atoms with Crippen molar-refractivity contribution in [1.29, 1.82) is 0 Å². The molecule has 1 aliphatic heterocycles. The Morgan fingerprint density at radius 1 is 1.14 bits per heavy atom. The Balaban J connectivity index is 1.49. The number of rotatable bonds is 3. The zero-order valence-electron chi connectivity index (χ0n) is 15.1. The molecule has 9 nitrogen and oxygen atoms in total. The predicted octanol–water partition coefficient (Wildman–Crippen LogP) is 2.21. The van der Waals surface area contributed by atoms with Crippen LogP contribution in [0.1, 0.15) is 18.5 Å². The van der Waals surface area contributed by atoms with Gasteiger partial charge in [-0.15, -0.1) is 0 Å². The van der Waals surface area contributed by atoms with E-state index in [4.69, 9.17) is 4.98 Å². The second-order valence-electron chi connectivity index (χ2n) is 6.88. The molecule has 0 radical (unpaired) electrons. The smallest absolute Gasteiger partial charge is 0.180 e. The fraction of sp³-hybridized carbons (Fsp3) is 0.278. The first kappa shape index (κ1) is 17.3.